The first-order valence-corrected chi connectivity index (χ1v) is 4.66. The van der Waals surface area contributed by atoms with Crippen LogP contribution in [-0.2, 0) is 0 Å². The molecule has 7 heteroatoms. The molecule has 90 valence electrons. The molecule has 1 heterocycles. The van der Waals surface area contributed by atoms with Gasteiger partial charge in [-0.3, -0.25) is 0 Å². The first-order valence-electron chi connectivity index (χ1n) is 4.66. The molecule has 0 saturated heterocycles. The molecule has 4 nitrogen and oxygen atoms in total. The van der Waals surface area contributed by atoms with Crippen LogP contribution in [0.2, 0.25) is 0 Å². The minimum absolute atomic E-state index is 0.0259. The van der Waals surface area contributed by atoms with Gasteiger partial charge in [0, 0.05) is 0 Å². The van der Waals surface area contributed by atoms with Crippen LogP contribution in [0, 0.1) is 0 Å². The first kappa shape index (κ1) is 11.4. The molecule has 0 bridgehead atoms. The third kappa shape index (κ3) is 2.55. The Labute approximate surface area is 94.2 Å². The average molecular weight is 243 g/mol. The van der Waals surface area contributed by atoms with Crippen LogP contribution in [0.5, 0.6) is 5.75 Å². The SMILES string of the molecule is Nc1ncnc2cccc(OCC(F)(F)F)c12. The van der Waals surface area contributed by atoms with Crippen molar-refractivity contribution in [3.8, 4) is 5.75 Å². The predicted molar refractivity (Wildman–Crippen MR) is 55.5 cm³/mol. The minimum atomic E-state index is -4.40. The molecule has 2 N–H and O–H groups in total. The Bertz CT molecular complexity index is 537. The van der Waals surface area contributed by atoms with Gasteiger partial charge < -0.3 is 10.5 Å². The van der Waals surface area contributed by atoms with E-state index in [9.17, 15) is 13.2 Å². The summed E-state index contributed by atoms with van der Waals surface area (Å²) in [6.07, 6.45) is -3.15. The quantitative estimate of drug-likeness (QED) is 0.877. The van der Waals surface area contributed by atoms with Crippen LogP contribution in [0.15, 0.2) is 24.5 Å². The monoisotopic (exact) mass is 243 g/mol. The van der Waals surface area contributed by atoms with Crippen molar-refractivity contribution in [1.82, 2.24) is 9.97 Å². The highest BCUT2D eigenvalue weighted by molar-refractivity contribution is 5.93. The molecule has 0 fully saturated rings. The van der Waals surface area contributed by atoms with Crippen LogP contribution in [0.3, 0.4) is 0 Å². The number of hydrogen-bond donors (Lipinski definition) is 1. The number of alkyl halides is 3. The Balaban J connectivity index is 2.40. The number of aromatic nitrogens is 2. The van der Waals surface area contributed by atoms with Crippen LogP contribution < -0.4 is 10.5 Å². The van der Waals surface area contributed by atoms with Crippen molar-refractivity contribution in [2.24, 2.45) is 0 Å². The number of halogens is 3. The Kier molecular flexibility index (Phi) is 2.74. The normalized spacial score (nSPS) is 11.7. The van der Waals surface area contributed by atoms with E-state index in [0.29, 0.717) is 10.9 Å². The largest absolute Gasteiger partial charge is 0.483 e. The van der Waals surface area contributed by atoms with Crippen LogP contribution in [-0.4, -0.2) is 22.8 Å². The minimum Gasteiger partial charge on any atom is -0.483 e. The molecule has 17 heavy (non-hydrogen) atoms. The lowest BCUT2D eigenvalue weighted by Gasteiger charge is -2.11. The Morgan fingerprint density at radius 3 is 2.71 bits per heavy atom. The standard InChI is InChI=1S/C10H8F3N3O/c11-10(12,13)4-17-7-3-1-2-6-8(7)9(14)16-5-15-6/h1-3,5H,4H2,(H2,14,15,16). The number of nitrogen functional groups attached to an aromatic ring is 1. The van der Waals surface area contributed by atoms with E-state index in [-0.39, 0.29) is 11.6 Å². The highest BCUT2D eigenvalue weighted by Crippen LogP contribution is 2.29. The molecule has 2 aromatic rings. The maximum atomic E-state index is 12.1. The molecule has 1 aromatic heterocycles. The molecule has 0 unspecified atom stereocenters. The Morgan fingerprint density at radius 2 is 2.00 bits per heavy atom. The van der Waals surface area contributed by atoms with Crippen LogP contribution in [0.4, 0.5) is 19.0 Å². The van der Waals surface area contributed by atoms with Crippen molar-refractivity contribution in [2.75, 3.05) is 12.3 Å². The number of ether oxygens (including phenoxy) is 1. The fraction of sp³-hybridized carbons (Fsp3) is 0.200. The molecule has 1 aromatic carbocycles. The van der Waals surface area contributed by atoms with E-state index in [1.54, 1.807) is 12.1 Å². The number of fused-ring (bicyclic) bond motifs is 1. The van der Waals surface area contributed by atoms with Gasteiger partial charge in [-0.15, -0.1) is 0 Å². The lowest BCUT2D eigenvalue weighted by Crippen LogP contribution is -2.19. The third-order valence-corrected chi connectivity index (χ3v) is 2.05. The topological polar surface area (TPSA) is 61.0 Å². The molecular weight excluding hydrogens is 235 g/mol. The summed E-state index contributed by atoms with van der Waals surface area (Å²) in [5.74, 6) is 0.116. The highest BCUT2D eigenvalue weighted by atomic mass is 19.4. The zero-order valence-corrected chi connectivity index (χ0v) is 8.53. The second-order valence-electron chi connectivity index (χ2n) is 3.31. The number of hydrogen-bond acceptors (Lipinski definition) is 4. The smallest absolute Gasteiger partial charge is 0.422 e. The van der Waals surface area contributed by atoms with Gasteiger partial charge in [0.15, 0.2) is 6.61 Å². The van der Waals surface area contributed by atoms with Gasteiger partial charge in [-0.2, -0.15) is 13.2 Å². The number of benzene rings is 1. The van der Waals surface area contributed by atoms with Crippen LogP contribution in [0.1, 0.15) is 0 Å². The lowest BCUT2D eigenvalue weighted by atomic mass is 10.2. The van der Waals surface area contributed by atoms with E-state index in [4.69, 9.17) is 5.73 Å². The number of nitrogens with two attached hydrogens (primary N) is 1. The van der Waals surface area contributed by atoms with Gasteiger partial charge >= 0.3 is 6.18 Å². The van der Waals surface area contributed by atoms with Crippen molar-refractivity contribution in [1.29, 1.82) is 0 Å². The summed E-state index contributed by atoms with van der Waals surface area (Å²) in [4.78, 5) is 7.61. The molecule has 2 rings (SSSR count). The molecule has 0 spiro atoms. The van der Waals surface area contributed by atoms with E-state index in [2.05, 4.69) is 14.7 Å². The van der Waals surface area contributed by atoms with Crippen molar-refractivity contribution < 1.29 is 17.9 Å². The molecule has 0 aliphatic heterocycles. The van der Waals surface area contributed by atoms with Gasteiger partial charge in [0.2, 0.25) is 0 Å². The number of rotatable bonds is 2. The lowest BCUT2D eigenvalue weighted by molar-refractivity contribution is -0.153. The summed E-state index contributed by atoms with van der Waals surface area (Å²) in [6, 6.07) is 4.56. The summed E-state index contributed by atoms with van der Waals surface area (Å²) in [7, 11) is 0. The molecule has 0 aliphatic rings. The van der Waals surface area contributed by atoms with Gasteiger partial charge in [0.1, 0.15) is 17.9 Å². The highest BCUT2D eigenvalue weighted by Gasteiger charge is 2.28. The average Bonchev–Trinajstić information content (AvgIpc) is 2.25. The summed E-state index contributed by atoms with van der Waals surface area (Å²) in [5, 5.41) is 0.291. The second kappa shape index (κ2) is 4.08. The fourth-order valence-corrected chi connectivity index (χ4v) is 1.38. The zero-order chi connectivity index (χ0) is 12.5. The van der Waals surface area contributed by atoms with Crippen molar-refractivity contribution >= 4 is 16.7 Å². The molecule has 0 saturated carbocycles. The van der Waals surface area contributed by atoms with E-state index in [1.165, 1.54) is 12.4 Å². The molecule has 0 amide bonds. The van der Waals surface area contributed by atoms with Gasteiger partial charge in [-0.25, -0.2) is 9.97 Å². The van der Waals surface area contributed by atoms with Gasteiger partial charge in [0.25, 0.3) is 0 Å². The van der Waals surface area contributed by atoms with Gasteiger partial charge in [-0.05, 0) is 12.1 Å². The third-order valence-electron chi connectivity index (χ3n) is 2.05. The summed E-state index contributed by atoms with van der Waals surface area (Å²) in [6.45, 7) is -1.37. The maximum Gasteiger partial charge on any atom is 0.422 e. The second-order valence-corrected chi connectivity index (χ2v) is 3.31. The maximum absolute atomic E-state index is 12.1. The number of nitrogens with zero attached hydrogens (tertiary/aromatic N) is 2. The predicted octanol–water partition coefficient (Wildman–Crippen LogP) is 2.15. The van der Waals surface area contributed by atoms with Gasteiger partial charge in [0.05, 0.1) is 10.9 Å². The van der Waals surface area contributed by atoms with Crippen LogP contribution in [0.25, 0.3) is 10.9 Å². The van der Waals surface area contributed by atoms with Crippen molar-refractivity contribution in [3.05, 3.63) is 24.5 Å². The summed E-state index contributed by atoms with van der Waals surface area (Å²) >= 11 is 0. The Morgan fingerprint density at radius 1 is 1.24 bits per heavy atom. The van der Waals surface area contributed by atoms with Crippen molar-refractivity contribution in [2.45, 2.75) is 6.18 Å². The molecule has 0 aliphatic carbocycles. The van der Waals surface area contributed by atoms with Crippen molar-refractivity contribution in [3.63, 3.8) is 0 Å². The zero-order valence-electron chi connectivity index (χ0n) is 8.53. The molecule has 0 radical (unpaired) electrons. The summed E-state index contributed by atoms with van der Waals surface area (Å²) < 4.78 is 40.8. The summed E-state index contributed by atoms with van der Waals surface area (Å²) in [5.41, 5.74) is 6.03. The first-order chi connectivity index (χ1) is 7.97. The molecule has 0 atom stereocenters. The fourth-order valence-electron chi connectivity index (χ4n) is 1.38. The van der Waals surface area contributed by atoms with E-state index >= 15 is 0 Å². The molecular formula is C10H8F3N3O. The Hall–Kier alpha value is -2.05. The number of anilines is 1. The van der Waals surface area contributed by atoms with Gasteiger partial charge in [-0.1, -0.05) is 6.07 Å². The van der Waals surface area contributed by atoms with E-state index in [0.717, 1.165) is 0 Å². The van der Waals surface area contributed by atoms with Crippen LogP contribution >= 0.6 is 0 Å². The van der Waals surface area contributed by atoms with E-state index < -0.39 is 12.8 Å². The van der Waals surface area contributed by atoms with E-state index in [1.807, 2.05) is 0 Å².